The van der Waals surface area contributed by atoms with Gasteiger partial charge in [0.2, 0.25) is 0 Å². The van der Waals surface area contributed by atoms with Crippen LogP contribution in [0.1, 0.15) is 26.3 Å². The first-order valence-corrected chi connectivity index (χ1v) is 11.0. The average Bonchev–Trinajstić information content (AvgIpc) is 3.27. The van der Waals surface area contributed by atoms with Crippen molar-refractivity contribution >= 4 is 39.8 Å². The molecule has 33 heavy (non-hydrogen) atoms. The van der Waals surface area contributed by atoms with Gasteiger partial charge in [0.25, 0.3) is 5.78 Å². The quantitative estimate of drug-likeness (QED) is 0.297. The number of nitrogens with zero attached hydrogens (tertiary/aromatic N) is 5. The molecule has 0 aliphatic carbocycles. The Hall–Kier alpha value is -3.51. The van der Waals surface area contributed by atoms with Crippen LogP contribution in [0.15, 0.2) is 67.0 Å². The summed E-state index contributed by atoms with van der Waals surface area (Å²) in [7, 11) is 1.91. The predicted molar refractivity (Wildman–Crippen MR) is 132 cm³/mol. The fourth-order valence-corrected chi connectivity index (χ4v) is 4.16. The van der Waals surface area contributed by atoms with Crippen molar-refractivity contribution in [3.8, 4) is 11.1 Å². The SMILES string of the molecule is CN(c1ccc(F)c(-c2ccc(C(C)(C)C)cc2)c1)c1nc2nncn2c2cc(Cl)ccc12. The van der Waals surface area contributed by atoms with Crippen molar-refractivity contribution < 1.29 is 4.39 Å². The maximum atomic E-state index is 14.8. The van der Waals surface area contributed by atoms with Gasteiger partial charge in [-0.15, -0.1) is 10.2 Å². The summed E-state index contributed by atoms with van der Waals surface area (Å²) in [5.41, 5.74) is 4.26. The topological polar surface area (TPSA) is 46.3 Å². The Morgan fingerprint density at radius 2 is 1.73 bits per heavy atom. The summed E-state index contributed by atoms with van der Waals surface area (Å²) in [6.45, 7) is 6.48. The van der Waals surface area contributed by atoms with Gasteiger partial charge in [-0.2, -0.15) is 4.98 Å². The maximum absolute atomic E-state index is 14.8. The van der Waals surface area contributed by atoms with E-state index in [0.29, 0.717) is 22.2 Å². The van der Waals surface area contributed by atoms with Gasteiger partial charge in [0.15, 0.2) is 0 Å². The van der Waals surface area contributed by atoms with Crippen molar-refractivity contribution in [3.63, 3.8) is 0 Å². The lowest BCUT2D eigenvalue weighted by Crippen LogP contribution is -2.13. The maximum Gasteiger partial charge on any atom is 0.257 e. The highest BCUT2D eigenvalue weighted by molar-refractivity contribution is 6.31. The van der Waals surface area contributed by atoms with Crippen LogP contribution in [0.25, 0.3) is 27.8 Å². The fourth-order valence-electron chi connectivity index (χ4n) is 3.99. The summed E-state index contributed by atoms with van der Waals surface area (Å²) < 4.78 is 16.6. The molecule has 0 saturated heterocycles. The highest BCUT2D eigenvalue weighted by Crippen LogP contribution is 2.35. The monoisotopic (exact) mass is 459 g/mol. The van der Waals surface area contributed by atoms with Gasteiger partial charge in [0.05, 0.1) is 5.52 Å². The highest BCUT2D eigenvalue weighted by atomic mass is 35.5. The van der Waals surface area contributed by atoms with Crippen LogP contribution in [0.3, 0.4) is 0 Å². The number of fused-ring (bicyclic) bond motifs is 3. The van der Waals surface area contributed by atoms with E-state index < -0.39 is 0 Å². The van der Waals surface area contributed by atoms with Gasteiger partial charge in [-0.3, -0.25) is 4.40 Å². The van der Waals surface area contributed by atoms with Gasteiger partial charge in [-0.05, 0) is 52.9 Å². The molecule has 0 fully saturated rings. The van der Waals surface area contributed by atoms with Gasteiger partial charge in [0.1, 0.15) is 18.0 Å². The van der Waals surface area contributed by atoms with Gasteiger partial charge in [-0.25, -0.2) is 4.39 Å². The van der Waals surface area contributed by atoms with E-state index in [0.717, 1.165) is 22.2 Å². The Labute approximate surface area is 196 Å². The van der Waals surface area contributed by atoms with Crippen LogP contribution in [0.2, 0.25) is 5.02 Å². The summed E-state index contributed by atoms with van der Waals surface area (Å²) in [4.78, 5) is 6.64. The molecule has 3 aromatic carbocycles. The molecule has 0 atom stereocenters. The van der Waals surface area contributed by atoms with E-state index in [9.17, 15) is 4.39 Å². The van der Waals surface area contributed by atoms with E-state index in [-0.39, 0.29) is 11.2 Å². The molecular formula is C26H23ClFN5. The molecule has 0 aliphatic rings. The van der Waals surface area contributed by atoms with Crippen LogP contribution in [0.4, 0.5) is 15.9 Å². The van der Waals surface area contributed by atoms with Crippen molar-refractivity contribution in [3.05, 3.63) is 83.4 Å². The van der Waals surface area contributed by atoms with E-state index in [1.807, 2.05) is 48.3 Å². The summed E-state index contributed by atoms with van der Waals surface area (Å²) >= 11 is 6.25. The first-order chi connectivity index (χ1) is 15.7. The van der Waals surface area contributed by atoms with Crippen molar-refractivity contribution in [1.82, 2.24) is 19.6 Å². The normalized spacial score (nSPS) is 11.9. The lowest BCUT2D eigenvalue weighted by molar-refractivity contribution is 0.590. The molecule has 0 aliphatic heterocycles. The minimum atomic E-state index is -0.270. The Balaban J connectivity index is 1.61. The third-order valence-corrected chi connectivity index (χ3v) is 6.15. The predicted octanol–water partition coefficient (Wildman–Crippen LogP) is 6.80. The summed E-state index contributed by atoms with van der Waals surface area (Å²) in [5.74, 6) is 0.877. The molecule has 0 N–H and O–H groups in total. The molecule has 0 radical (unpaired) electrons. The third kappa shape index (κ3) is 3.80. The second-order valence-corrected chi connectivity index (χ2v) is 9.58. The number of hydrogen-bond acceptors (Lipinski definition) is 4. The van der Waals surface area contributed by atoms with Crippen molar-refractivity contribution in [1.29, 1.82) is 0 Å². The molecule has 5 aromatic rings. The van der Waals surface area contributed by atoms with E-state index in [1.165, 1.54) is 11.6 Å². The molecule has 0 amide bonds. The van der Waals surface area contributed by atoms with Crippen LogP contribution in [0, 0.1) is 5.82 Å². The zero-order chi connectivity index (χ0) is 23.3. The zero-order valence-electron chi connectivity index (χ0n) is 18.8. The van der Waals surface area contributed by atoms with Crippen molar-refractivity contribution in [2.24, 2.45) is 0 Å². The zero-order valence-corrected chi connectivity index (χ0v) is 19.6. The van der Waals surface area contributed by atoms with Crippen LogP contribution in [0.5, 0.6) is 0 Å². The number of benzene rings is 3. The minimum absolute atomic E-state index is 0.0368. The van der Waals surface area contributed by atoms with E-state index >= 15 is 0 Å². The molecule has 0 unspecified atom stereocenters. The molecule has 5 nitrogen and oxygen atoms in total. The summed E-state index contributed by atoms with van der Waals surface area (Å²) in [5, 5.41) is 9.59. The Bertz CT molecular complexity index is 1490. The van der Waals surface area contributed by atoms with Crippen molar-refractivity contribution in [2.75, 3.05) is 11.9 Å². The van der Waals surface area contributed by atoms with E-state index in [4.69, 9.17) is 16.6 Å². The Morgan fingerprint density at radius 3 is 2.45 bits per heavy atom. The van der Waals surface area contributed by atoms with Crippen LogP contribution in [-0.4, -0.2) is 26.6 Å². The molecule has 2 heterocycles. The van der Waals surface area contributed by atoms with Crippen LogP contribution >= 0.6 is 11.6 Å². The number of rotatable bonds is 3. The second-order valence-electron chi connectivity index (χ2n) is 9.15. The molecule has 5 rings (SSSR count). The number of anilines is 2. The molecule has 0 bridgehead atoms. The smallest absolute Gasteiger partial charge is 0.257 e. The fraction of sp³-hybridized carbons (Fsp3) is 0.192. The first-order valence-electron chi connectivity index (χ1n) is 10.7. The first kappa shape index (κ1) is 21.3. The average molecular weight is 460 g/mol. The van der Waals surface area contributed by atoms with Crippen LogP contribution in [-0.2, 0) is 5.41 Å². The Morgan fingerprint density at radius 1 is 0.970 bits per heavy atom. The van der Waals surface area contributed by atoms with E-state index in [1.54, 1.807) is 16.8 Å². The van der Waals surface area contributed by atoms with Gasteiger partial charge in [-0.1, -0.05) is 56.6 Å². The highest BCUT2D eigenvalue weighted by Gasteiger charge is 2.18. The van der Waals surface area contributed by atoms with Crippen molar-refractivity contribution in [2.45, 2.75) is 26.2 Å². The molecule has 0 spiro atoms. The van der Waals surface area contributed by atoms with E-state index in [2.05, 4.69) is 43.1 Å². The third-order valence-electron chi connectivity index (χ3n) is 5.91. The van der Waals surface area contributed by atoms with Gasteiger partial charge < -0.3 is 4.90 Å². The number of halogens is 2. The molecule has 166 valence electrons. The lowest BCUT2D eigenvalue weighted by atomic mass is 9.86. The summed E-state index contributed by atoms with van der Waals surface area (Å²) in [6, 6.07) is 18.8. The second kappa shape index (κ2) is 7.81. The van der Waals surface area contributed by atoms with Gasteiger partial charge >= 0.3 is 0 Å². The molecule has 7 heteroatoms. The minimum Gasteiger partial charge on any atom is -0.329 e. The molecular weight excluding hydrogens is 437 g/mol. The number of hydrogen-bond donors (Lipinski definition) is 0. The van der Waals surface area contributed by atoms with Gasteiger partial charge in [0, 0.05) is 28.7 Å². The standard InChI is InChI=1S/C26H23ClFN5/c1-26(2,3)17-7-5-16(6-8-17)21-14-19(10-12-22(21)28)32(4)24-20-11-9-18(27)13-23(20)33-15-29-31-25(33)30-24/h5-15H,1-4H3. The lowest BCUT2D eigenvalue weighted by Gasteiger charge is -2.22. The molecule has 0 saturated carbocycles. The molecule has 2 aromatic heterocycles. The van der Waals surface area contributed by atoms with Crippen LogP contribution < -0.4 is 4.90 Å². The summed E-state index contributed by atoms with van der Waals surface area (Å²) in [6.07, 6.45) is 1.61. The Kier molecular flexibility index (Phi) is 5.05. The number of aromatic nitrogens is 4. The largest absolute Gasteiger partial charge is 0.329 e.